The van der Waals surface area contributed by atoms with Gasteiger partial charge in [-0.2, -0.15) is 5.10 Å². The molecule has 2 rings (SSSR count). The number of nitrogens with one attached hydrogen (secondary N) is 1. The van der Waals surface area contributed by atoms with Crippen LogP contribution in [0.2, 0.25) is 0 Å². The number of carbonyl (C=O) groups is 1. The molecule has 1 amide bonds. The Labute approximate surface area is 109 Å². The predicted octanol–water partition coefficient (Wildman–Crippen LogP) is 1.68. The molecule has 0 radical (unpaired) electrons. The van der Waals surface area contributed by atoms with E-state index in [4.69, 9.17) is 5.73 Å². The van der Waals surface area contributed by atoms with Gasteiger partial charge in [-0.15, -0.1) is 11.3 Å². The highest BCUT2D eigenvalue weighted by atomic mass is 32.1. The van der Waals surface area contributed by atoms with Crippen molar-refractivity contribution in [1.29, 1.82) is 0 Å². The van der Waals surface area contributed by atoms with Crippen LogP contribution in [0.3, 0.4) is 0 Å². The summed E-state index contributed by atoms with van der Waals surface area (Å²) in [5.41, 5.74) is 6.20. The lowest BCUT2D eigenvalue weighted by Gasteiger charge is -2.11. The Balaban J connectivity index is 2.01. The summed E-state index contributed by atoms with van der Waals surface area (Å²) in [6.45, 7) is 4.01. The van der Waals surface area contributed by atoms with E-state index in [1.807, 2.05) is 13.8 Å². The lowest BCUT2D eigenvalue weighted by atomic mass is 10.3. The molecule has 3 N–H and O–H groups in total. The van der Waals surface area contributed by atoms with Gasteiger partial charge in [-0.25, -0.2) is 9.67 Å². The molecule has 2 heterocycles. The van der Waals surface area contributed by atoms with Gasteiger partial charge >= 0.3 is 0 Å². The van der Waals surface area contributed by atoms with Crippen LogP contribution in [0.5, 0.6) is 0 Å². The molecule has 96 valence electrons. The average Bonchev–Trinajstić information content (AvgIpc) is 2.87. The van der Waals surface area contributed by atoms with Crippen molar-refractivity contribution in [3.63, 3.8) is 0 Å². The maximum Gasteiger partial charge on any atom is 0.231 e. The van der Waals surface area contributed by atoms with Crippen LogP contribution in [-0.2, 0) is 11.2 Å². The summed E-state index contributed by atoms with van der Waals surface area (Å²) < 4.78 is 1.76. The van der Waals surface area contributed by atoms with Gasteiger partial charge in [0.1, 0.15) is 5.82 Å². The monoisotopic (exact) mass is 265 g/mol. The minimum atomic E-state index is -0.122. The van der Waals surface area contributed by atoms with E-state index in [-0.39, 0.29) is 18.4 Å². The number of anilines is 2. The lowest BCUT2D eigenvalue weighted by molar-refractivity contribution is -0.115. The summed E-state index contributed by atoms with van der Waals surface area (Å²) in [7, 11) is 0. The second kappa shape index (κ2) is 5.18. The van der Waals surface area contributed by atoms with E-state index >= 15 is 0 Å². The number of carbonyl (C=O) groups excluding carboxylic acids is 1. The first kappa shape index (κ1) is 12.6. The molecule has 0 spiro atoms. The number of hydrogen-bond acceptors (Lipinski definition) is 5. The molecular weight excluding hydrogens is 250 g/mol. The van der Waals surface area contributed by atoms with E-state index < -0.39 is 0 Å². The fraction of sp³-hybridized carbons (Fsp3) is 0.364. The molecule has 0 saturated carbocycles. The fourth-order valence-corrected chi connectivity index (χ4v) is 2.14. The van der Waals surface area contributed by atoms with Crippen molar-refractivity contribution in [2.45, 2.75) is 26.3 Å². The van der Waals surface area contributed by atoms with Crippen LogP contribution < -0.4 is 11.1 Å². The van der Waals surface area contributed by atoms with Crippen LogP contribution in [0.1, 0.15) is 25.6 Å². The van der Waals surface area contributed by atoms with Gasteiger partial charge in [-0.1, -0.05) is 0 Å². The number of rotatable bonds is 4. The van der Waals surface area contributed by atoms with E-state index in [0.717, 1.165) is 0 Å². The van der Waals surface area contributed by atoms with Crippen molar-refractivity contribution in [2.24, 2.45) is 0 Å². The summed E-state index contributed by atoms with van der Waals surface area (Å²) in [5.74, 6) is 0.570. The van der Waals surface area contributed by atoms with Crippen LogP contribution >= 0.6 is 11.3 Å². The van der Waals surface area contributed by atoms with Crippen molar-refractivity contribution < 1.29 is 4.79 Å². The third-order valence-electron chi connectivity index (χ3n) is 2.34. The van der Waals surface area contributed by atoms with E-state index in [9.17, 15) is 4.79 Å². The molecule has 6 nitrogen and oxygen atoms in total. The van der Waals surface area contributed by atoms with Crippen LogP contribution in [0.4, 0.5) is 10.9 Å². The molecule has 0 saturated heterocycles. The molecule has 2 aromatic heterocycles. The molecule has 0 aromatic carbocycles. The number of nitrogens with zero attached hydrogens (tertiary/aromatic N) is 3. The van der Waals surface area contributed by atoms with Crippen molar-refractivity contribution >= 4 is 28.2 Å². The van der Waals surface area contributed by atoms with E-state index in [1.54, 1.807) is 22.3 Å². The van der Waals surface area contributed by atoms with E-state index in [0.29, 0.717) is 16.6 Å². The zero-order valence-electron chi connectivity index (χ0n) is 10.3. The Kier molecular flexibility index (Phi) is 3.61. The number of thiazole rings is 1. The largest absolute Gasteiger partial charge is 0.375 e. The molecule has 7 heteroatoms. The van der Waals surface area contributed by atoms with Gasteiger partial charge in [0.2, 0.25) is 5.91 Å². The third kappa shape index (κ3) is 2.86. The first-order valence-electron chi connectivity index (χ1n) is 5.59. The van der Waals surface area contributed by atoms with Gasteiger partial charge in [0.25, 0.3) is 0 Å². The topological polar surface area (TPSA) is 85.8 Å². The first-order valence-corrected chi connectivity index (χ1v) is 6.47. The number of nitrogens with two attached hydrogens (primary N) is 1. The highest BCUT2D eigenvalue weighted by Crippen LogP contribution is 2.15. The van der Waals surface area contributed by atoms with Gasteiger partial charge < -0.3 is 11.1 Å². The molecule has 0 aliphatic heterocycles. The average molecular weight is 265 g/mol. The van der Waals surface area contributed by atoms with Gasteiger partial charge in [0.15, 0.2) is 5.13 Å². The Morgan fingerprint density at radius 3 is 3.00 bits per heavy atom. The van der Waals surface area contributed by atoms with Gasteiger partial charge in [0.05, 0.1) is 18.3 Å². The summed E-state index contributed by atoms with van der Waals surface area (Å²) >= 11 is 1.33. The molecule has 0 fully saturated rings. The summed E-state index contributed by atoms with van der Waals surface area (Å²) in [5, 5.41) is 9.23. The Morgan fingerprint density at radius 1 is 1.61 bits per heavy atom. The number of aromatic nitrogens is 3. The third-order valence-corrected chi connectivity index (χ3v) is 3.06. The number of hydrogen-bond donors (Lipinski definition) is 2. The molecule has 0 aliphatic carbocycles. The molecular formula is C11H15N5OS. The van der Waals surface area contributed by atoms with Crippen LogP contribution in [-0.4, -0.2) is 20.7 Å². The normalized spacial score (nSPS) is 10.8. The number of amides is 1. The van der Waals surface area contributed by atoms with E-state index in [1.165, 1.54) is 11.3 Å². The summed E-state index contributed by atoms with van der Waals surface area (Å²) in [4.78, 5) is 15.9. The minimum Gasteiger partial charge on any atom is -0.375 e. The Morgan fingerprint density at radius 2 is 2.39 bits per heavy atom. The second-order valence-corrected chi connectivity index (χ2v) is 5.05. The van der Waals surface area contributed by atoms with Gasteiger partial charge in [-0.3, -0.25) is 4.79 Å². The smallest absolute Gasteiger partial charge is 0.231 e. The van der Waals surface area contributed by atoms with Crippen molar-refractivity contribution in [2.75, 3.05) is 11.1 Å². The molecule has 2 aromatic rings. The minimum absolute atomic E-state index is 0.122. The highest BCUT2D eigenvalue weighted by molar-refractivity contribution is 7.13. The second-order valence-electron chi connectivity index (χ2n) is 4.16. The predicted molar refractivity (Wildman–Crippen MR) is 71.5 cm³/mol. The van der Waals surface area contributed by atoms with Gasteiger partial charge in [0, 0.05) is 17.5 Å². The molecule has 0 unspecified atom stereocenters. The van der Waals surface area contributed by atoms with Crippen molar-refractivity contribution in [1.82, 2.24) is 14.8 Å². The SMILES string of the molecule is CC(C)n1nccc1NC(=O)Cc1csc(N)n1. The quantitative estimate of drug-likeness (QED) is 0.880. The maximum absolute atomic E-state index is 11.8. The molecule has 0 aliphatic rings. The van der Waals surface area contributed by atoms with E-state index in [2.05, 4.69) is 15.4 Å². The lowest BCUT2D eigenvalue weighted by Crippen LogP contribution is -2.18. The van der Waals surface area contributed by atoms with Crippen molar-refractivity contribution in [3.05, 3.63) is 23.3 Å². The molecule has 0 bridgehead atoms. The van der Waals surface area contributed by atoms with Crippen molar-refractivity contribution in [3.8, 4) is 0 Å². The Hall–Kier alpha value is -1.89. The summed E-state index contributed by atoms with van der Waals surface area (Å²) in [6, 6.07) is 1.97. The maximum atomic E-state index is 11.8. The van der Waals surface area contributed by atoms with Crippen LogP contribution in [0, 0.1) is 0 Å². The zero-order chi connectivity index (χ0) is 13.1. The molecule has 0 atom stereocenters. The zero-order valence-corrected chi connectivity index (χ0v) is 11.1. The highest BCUT2D eigenvalue weighted by Gasteiger charge is 2.11. The van der Waals surface area contributed by atoms with Crippen LogP contribution in [0.25, 0.3) is 0 Å². The standard InChI is InChI=1S/C11H15N5OS/c1-7(2)16-9(3-4-13-16)15-10(17)5-8-6-18-11(12)14-8/h3-4,6-7H,5H2,1-2H3,(H2,12,14)(H,15,17). The fourth-order valence-electron chi connectivity index (χ4n) is 1.58. The first-order chi connectivity index (χ1) is 8.56. The summed E-state index contributed by atoms with van der Waals surface area (Å²) in [6.07, 6.45) is 1.88. The Bertz CT molecular complexity index is 545. The molecule has 18 heavy (non-hydrogen) atoms. The van der Waals surface area contributed by atoms with Gasteiger partial charge in [-0.05, 0) is 13.8 Å². The van der Waals surface area contributed by atoms with Crippen LogP contribution in [0.15, 0.2) is 17.6 Å². The number of nitrogen functional groups attached to an aromatic ring is 1.